The van der Waals surface area contributed by atoms with Gasteiger partial charge in [-0.15, -0.1) is 0 Å². The van der Waals surface area contributed by atoms with Crippen LogP contribution in [0.2, 0.25) is 0 Å². The SMILES string of the molecule is COc1cccc(OCC(=O)NCCSCc2ccccc2F)c1. The minimum Gasteiger partial charge on any atom is -0.497 e. The highest BCUT2D eigenvalue weighted by Gasteiger charge is 2.04. The van der Waals surface area contributed by atoms with Gasteiger partial charge in [0.05, 0.1) is 7.11 Å². The number of thioether (sulfide) groups is 1. The fourth-order valence-electron chi connectivity index (χ4n) is 1.95. The van der Waals surface area contributed by atoms with Crippen molar-refractivity contribution in [2.75, 3.05) is 26.0 Å². The minimum atomic E-state index is -0.194. The van der Waals surface area contributed by atoms with Gasteiger partial charge in [0.1, 0.15) is 17.3 Å². The molecule has 6 heteroatoms. The highest BCUT2D eigenvalue weighted by molar-refractivity contribution is 7.98. The van der Waals surface area contributed by atoms with Crippen LogP contribution in [-0.4, -0.2) is 31.9 Å². The standard InChI is InChI=1S/C18H20FNO3S/c1-22-15-6-4-7-16(11-15)23-12-18(21)20-9-10-24-13-14-5-2-3-8-17(14)19/h2-8,11H,9-10,12-13H2,1H3,(H,20,21). The van der Waals surface area contributed by atoms with Crippen molar-refractivity contribution < 1.29 is 18.7 Å². The Balaban J connectivity index is 1.60. The first-order valence-electron chi connectivity index (χ1n) is 7.54. The average Bonchev–Trinajstić information content (AvgIpc) is 2.61. The Morgan fingerprint density at radius 3 is 2.75 bits per heavy atom. The molecule has 128 valence electrons. The first-order chi connectivity index (χ1) is 11.7. The van der Waals surface area contributed by atoms with Gasteiger partial charge in [0.15, 0.2) is 6.61 Å². The molecule has 0 radical (unpaired) electrons. The molecule has 0 spiro atoms. The molecule has 0 aliphatic rings. The number of ether oxygens (including phenoxy) is 2. The maximum Gasteiger partial charge on any atom is 0.257 e. The van der Waals surface area contributed by atoms with Crippen LogP contribution in [-0.2, 0) is 10.5 Å². The van der Waals surface area contributed by atoms with Crippen LogP contribution < -0.4 is 14.8 Å². The van der Waals surface area contributed by atoms with E-state index in [0.29, 0.717) is 35.1 Å². The Kier molecular flexibility index (Phi) is 7.42. The second-order valence-electron chi connectivity index (χ2n) is 4.96. The van der Waals surface area contributed by atoms with E-state index in [9.17, 15) is 9.18 Å². The van der Waals surface area contributed by atoms with Crippen molar-refractivity contribution in [2.24, 2.45) is 0 Å². The molecule has 2 aromatic carbocycles. The van der Waals surface area contributed by atoms with Crippen molar-refractivity contribution in [3.05, 3.63) is 59.9 Å². The summed E-state index contributed by atoms with van der Waals surface area (Å²) in [6, 6.07) is 13.8. The summed E-state index contributed by atoms with van der Waals surface area (Å²) in [5.74, 6) is 2.17. The lowest BCUT2D eigenvalue weighted by Crippen LogP contribution is -2.30. The number of hydrogen-bond donors (Lipinski definition) is 1. The van der Waals surface area contributed by atoms with Gasteiger partial charge in [0.25, 0.3) is 5.91 Å². The Bertz CT molecular complexity index is 666. The third-order valence-corrected chi connectivity index (χ3v) is 4.20. The Morgan fingerprint density at radius 2 is 1.96 bits per heavy atom. The molecule has 1 N–H and O–H groups in total. The third kappa shape index (κ3) is 6.12. The van der Waals surface area contributed by atoms with Gasteiger partial charge in [-0.25, -0.2) is 4.39 Å². The van der Waals surface area contributed by atoms with Crippen molar-refractivity contribution in [1.29, 1.82) is 0 Å². The molecule has 0 aliphatic carbocycles. The smallest absolute Gasteiger partial charge is 0.257 e. The number of benzene rings is 2. The van der Waals surface area contributed by atoms with Gasteiger partial charge in [-0.05, 0) is 23.8 Å². The van der Waals surface area contributed by atoms with E-state index in [2.05, 4.69) is 5.32 Å². The highest BCUT2D eigenvalue weighted by atomic mass is 32.2. The molecule has 24 heavy (non-hydrogen) atoms. The zero-order valence-corrected chi connectivity index (χ0v) is 14.3. The molecule has 0 atom stereocenters. The highest BCUT2D eigenvalue weighted by Crippen LogP contribution is 2.18. The van der Waals surface area contributed by atoms with Crippen molar-refractivity contribution >= 4 is 17.7 Å². The van der Waals surface area contributed by atoms with Crippen molar-refractivity contribution in [1.82, 2.24) is 5.32 Å². The van der Waals surface area contributed by atoms with Crippen LogP contribution in [0.3, 0.4) is 0 Å². The van der Waals surface area contributed by atoms with Crippen molar-refractivity contribution in [2.45, 2.75) is 5.75 Å². The third-order valence-electron chi connectivity index (χ3n) is 3.20. The minimum absolute atomic E-state index is 0.0504. The predicted molar refractivity (Wildman–Crippen MR) is 94.1 cm³/mol. The lowest BCUT2D eigenvalue weighted by atomic mass is 10.2. The van der Waals surface area contributed by atoms with Crippen LogP contribution in [0.25, 0.3) is 0 Å². The van der Waals surface area contributed by atoms with Crippen LogP contribution in [0.15, 0.2) is 48.5 Å². The molecule has 4 nitrogen and oxygen atoms in total. The van der Waals surface area contributed by atoms with Crippen molar-refractivity contribution in [3.8, 4) is 11.5 Å². The second-order valence-corrected chi connectivity index (χ2v) is 6.07. The van der Waals surface area contributed by atoms with E-state index in [-0.39, 0.29) is 18.3 Å². The van der Waals surface area contributed by atoms with Gasteiger partial charge in [-0.2, -0.15) is 11.8 Å². The van der Waals surface area contributed by atoms with Crippen LogP contribution in [0.5, 0.6) is 11.5 Å². The van der Waals surface area contributed by atoms with E-state index in [1.54, 1.807) is 55.3 Å². The van der Waals surface area contributed by atoms with Gasteiger partial charge in [0, 0.05) is 24.1 Å². The Labute approximate surface area is 145 Å². The zero-order chi connectivity index (χ0) is 17.2. The first kappa shape index (κ1) is 18.1. The fourth-order valence-corrected chi connectivity index (χ4v) is 2.80. The van der Waals surface area contributed by atoms with Gasteiger partial charge in [0.2, 0.25) is 0 Å². The van der Waals surface area contributed by atoms with Crippen LogP contribution in [0, 0.1) is 5.82 Å². The van der Waals surface area contributed by atoms with Gasteiger partial charge in [-0.1, -0.05) is 24.3 Å². The molecule has 0 fully saturated rings. The molecular weight excluding hydrogens is 329 g/mol. The second kappa shape index (κ2) is 9.82. The quantitative estimate of drug-likeness (QED) is 0.706. The lowest BCUT2D eigenvalue weighted by molar-refractivity contribution is -0.122. The van der Waals surface area contributed by atoms with Crippen molar-refractivity contribution in [3.63, 3.8) is 0 Å². The monoisotopic (exact) mass is 349 g/mol. The summed E-state index contributed by atoms with van der Waals surface area (Å²) in [5, 5.41) is 2.77. The summed E-state index contributed by atoms with van der Waals surface area (Å²) in [7, 11) is 1.57. The lowest BCUT2D eigenvalue weighted by Gasteiger charge is -2.08. The number of hydrogen-bond acceptors (Lipinski definition) is 4. The molecule has 0 heterocycles. The number of halogens is 1. The largest absolute Gasteiger partial charge is 0.497 e. The Morgan fingerprint density at radius 1 is 1.17 bits per heavy atom. The van der Waals surface area contributed by atoms with Gasteiger partial charge in [-0.3, -0.25) is 4.79 Å². The predicted octanol–water partition coefficient (Wildman–Crippen LogP) is 3.26. The van der Waals surface area contributed by atoms with E-state index in [0.717, 1.165) is 0 Å². The van der Waals surface area contributed by atoms with E-state index in [4.69, 9.17) is 9.47 Å². The molecular formula is C18H20FNO3S. The maximum absolute atomic E-state index is 13.4. The molecule has 0 unspecified atom stereocenters. The zero-order valence-electron chi connectivity index (χ0n) is 13.5. The number of carbonyl (C=O) groups is 1. The van der Waals surface area contributed by atoms with Gasteiger partial charge >= 0.3 is 0 Å². The molecule has 0 bridgehead atoms. The molecule has 0 aliphatic heterocycles. The number of amides is 1. The van der Waals surface area contributed by atoms with Crippen LogP contribution in [0.1, 0.15) is 5.56 Å². The molecule has 0 saturated carbocycles. The summed E-state index contributed by atoms with van der Waals surface area (Å²) in [5.41, 5.74) is 0.676. The molecule has 2 aromatic rings. The van der Waals surface area contributed by atoms with E-state index in [1.165, 1.54) is 6.07 Å². The van der Waals surface area contributed by atoms with E-state index in [1.807, 2.05) is 6.07 Å². The number of carbonyl (C=O) groups excluding carboxylic acids is 1. The molecule has 0 aromatic heterocycles. The normalized spacial score (nSPS) is 10.2. The Hall–Kier alpha value is -2.21. The summed E-state index contributed by atoms with van der Waals surface area (Å²) in [4.78, 5) is 11.7. The van der Waals surface area contributed by atoms with Gasteiger partial charge < -0.3 is 14.8 Å². The molecule has 2 rings (SSSR count). The first-order valence-corrected chi connectivity index (χ1v) is 8.69. The van der Waals surface area contributed by atoms with E-state index >= 15 is 0 Å². The molecule has 1 amide bonds. The van der Waals surface area contributed by atoms with E-state index < -0.39 is 0 Å². The maximum atomic E-state index is 13.4. The summed E-state index contributed by atoms with van der Waals surface area (Å²) in [6.07, 6.45) is 0. The summed E-state index contributed by atoms with van der Waals surface area (Å²) in [6.45, 7) is 0.463. The number of rotatable bonds is 9. The van der Waals surface area contributed by atoms with Crippen LogP contribution >= 0.6 is 11.8 Å². The summed E-state index contributed by atoms with van der Waals surface area (Å²) >= 11 is 1.57. The average molecular weight is 349 g/mol. The summed E-state index contributed by atoms with van der Waals surface area (Å²) < 4.78 is 23.9. The van der Waals surface area contributed by atoms with Crippen LogP contribution in [0.4, 0.5) is 4.39 Å². The number of methoxy groups -OCH3 is 1. The number of nitrogens with one attached hydrogen (secondary N) is 1. The molecule has 0 saturated heterocycles. The fraction of sp³-hybridized carbons (Fsp3) is 0.278. The topological polar surface area (TPSA) is 47.6 Å².